The monoisotopic (exact) mass is 1030 g/mol. The quantitative estimate of drug-likeness (QED) is 0.0671. The Hall–Kier alpha value is -9.92. The van der Waals surface area contributed by atoms with Crippen LogP contribution in [0.2, 0.25) is 0 Å². The summed E-state index contributed by atoms with van der Waals surface area (Å²) in [6.07, 6.45) is 7.34. The standard InChI is InChI=1S/C28H24N8OS.C27H22N8OS/c1-17-25(35-15-7-6-10-23(35)30-17)24-18(2)38-28(32-24)31-20-13-11-19(12-14-20)27(37)33-26-22(29)16-36(34-26)21-8-4-3-5-9-21;1-17-24(34-14-6-5-9-23(34)29-17)22-16-37-27(31-22)30-19-12-10-18(11-13-19)26(36)32-25-21(28)15-35(33-25)20-7-3-2-4-8-20/h3-16H,29H2,1-2H3,(H,31,32)(H,33,34,37);2-16H,28H2,1H3,(H,30,31)(H,32,33,36). The molecule has 8 heterocycles. The summed E-state index contributed by atoms with van der Waals surface area (Å²) in [4.78, 5) is 45.6. The van der Waals surface area contributed by atoms with Gasteiger partial charge in [-0.15, -0.1) is 32.9 Å². The molecule has 0 aliphatic rings. The first-order chi connectivity index (χ1) is 36.5. The Morgan fingerprint density at radius 3 is 1.51 bits per heavy atom. The van der Waals surface area contributed by atoms with E-state index in [4.69, 9.17) is 21.4 Å². The van der Waals surface area contributed by atoms with Gasteiger partial charge in [0.05, 0.1) is 57.9 Å². The van der Waals surface area contributed by atoms with Crippen molar-refractivity contribution < 1.29 is 9.59 Å². The van der Waals surface area contributed by atoms with Gasteiger partial charge in [-0.3, -0.25) is 18.4 Å². The highest BCUT2D eigenvalue weighted by Gasteiger charge is 2.20. The lowest BCUT2D eigenvalue weighted by molar-refractivity contribution is 0.101. The van der Waals surface area contributed by atoms with Crippen molar-refractivity contribution in [2.45, 2.75) is 20.8 Å². The van der Waals surface area contributed by atoms with E-state index in [2.05, 4.69) is 52.8 Å². The Morgan fingerprint density at radius 1 is 0.520 bits per heavy atom. The average molecular weight is 1030 g/mol. The van der Waals surface area contributed by atoms with Gasteiger partial charge in [0.15, 0.2) is 21.9 Å². The zero-order valence-corrected chi connectivity index (χ0v) is 42.1. The number of nitrogens with one attached hydrogen (secondary N) is 4. The SMILES string of the molecule is Cc1nc2ccccn2c1-c1csc(Nc2ccc(C(=O)Nc3nn(-c4ccccc4)cc3N)cc2)n1.Cc1nc2ccccn2c1-c1nc(Nc2ccc(C(=O)Nc3nn(-c4ccccc4)cc3N)cc2)sc1C. The molecule has 0 atom stereocenters. The molecule has 12 aromatic rings. The van der Waals surface area contributed by atoms with Crippen LogP contribution in [0.1, 0.15) is 37.0 Å². The second-order valence-corrected chi connectivity index (χ2v) is 19.2. The van der Waals surface area contributed by atoms with E-state index in [0.29, 0.717) is 34.1 Å². The molecule has 12 rings (SSSR count). The van der Waals surface area contributed by atoms with E-state index < -0.39 is 0 Å². The highest BCUT2D eigenvalue weighted by molar-refractivity contribution is 7.16. The number of hydrogen-bond donors (Lipinski definition) is 6. The second-order valence-electron chi connectivity index (χ2n) is 17.2. The summed E-state index contributed by atoms with van der Waals surface area (Å²) in [7, 11) is 0. The van der Waals surface area contributed by atoms with Gasteiger partial charge in [-0.05, 0) is 118 Å². The largest absolute Gasteiger partial charge is 0.394 e. The lowest BCUT2D eigenvalue weighted by Gasteiger charge is -2.06. The van der Waals surface area contributed by atoms with Crippen molar-refractivity contribution in [3.63, 3.8) is 0 Å². The average Bonchev–Trinajstić information content (AvgIpc) is 4.30. The molecule has 0 saturated heterocycles. The summed E-state index contributed by atoms with van der Waals surface area (Å²) in [6.45, 7) is 6.04. The van der Waals surface area contributed by atoms with Crippen molar-refractivity contribution in [1.82, 2.24) is 48.3 Å². The number of hydrogen-bond acceptors (Lipinski definition) is 14. The van der Waals surface area contributed by atoms with Crippen molar-refractivity contribution in [3.05, 3.63) is 203 Å². The Labute approximate surface area is 437 Å². The summed E-state index contributed by atoms with van der Waals surface area (Å²) in [5.41, 5.74) is 24.6. The molecule has 4 aromatic carbocycles. The Balaban J connectivity index is 0.000000161. The van der Waals surface area contributed by atoms with E-state index >= 15 is 0 Å². The fourth-order valence-corrected chi connectivity index (χ4v) is 9.89. The van der Waals surface area contributed by atoms with Gasteiger partial charge in [-0.25, -0.2) is 29.3 Å². The molecule has 18 nitrogen and oxygen atoms in total. The van der Waals surface area contributed by atoms with Crippen molar-refractivity contribution in [1.29, 1.82) is 0 Å². The zero-order chi connectivity index (χ0) is 51.6. The third-order valence-corrected chi connectivity index (χ3v) is 13.6. The number of nitrogens with two attached hydrogens (primary N) is 2. The van der Waals surface area contributed by atoms with Crippen LogP contribution in [0.5, 0.6) is 0 Å². The van der Waals surface area contributed by atoms with Gasteiger partial charge in [-0.2, -0.15) is 0 Å². The van der Waals surface area contributed by atoms with Gasteiger partial charge >= 0.3 is 0 Å². The summed E-state index contributed by atoms with van der Waals surface area (Å²) in [5.74, 6) is 0.0387. The van der Waals surface area contributed by atoms with Crippen LogP contribution in [0.4, 0.5) is 44.6 Å². The van der Waals surface area contributed by atoms with Gasteiger partial charge < -0.3 is 32.7 Å². The summed E-state index contributed by atoms with van der Waals surface area (Å²) < 4.78 is 7.37. The molecule has 370 valence electrons. The Morgan fingerprint density at radius 2 is 0.987 bits per heavy atom. The van der Waals surface area contributed by atoms with Crippen LogP contribution in [0.25, 0.3) is 45.4 Å². The fourth-order valence-electron chi connectivity index (χ4n) is 8.34. The number of pyridine rings is 2. The van der Waals surface area contributed by atoms with Crippen LogP contribution in [0.15, 0.2) is 176 Å². The number of imidazole rings is 2. The molecule has 0 aliphatic heterocycles. The number of aryl methyl sites for hydroxylation is 3. The third-order valence-electron chi connectivity index (χ3n) is 12.0. The summed E-state index contributed by atoms with van der Waals surface area (Å²) >= 11 is 3.08. The number of anilines is 8. The van der Waals surface area contributed by atoms with Crippen LogP contribution >= 0.6 is 22.7 Å². The van der Waals surface area contributed by atoms with E-state index in [-0.39, 0.29) is 11.8 Å². The number of carbonyl (C=O) groups excluding carboxylic acids is 2. The van der Waals surface area contributed by atoms with Crippen LogP contribution in [-0.4, -0.2) is 60.1 Å². The predicted octanol–water partition coefficient (Wildman–Crippen LogP) is 11.4. The normalized spacial score (nSPS) is 11.1. The van der Waals surface area contributed by atoms with Crippen molar-refractivity contribution in [2.75, 3.05) is 32.7 Å². The highest BCUT2D eigenvalue weighted by Crippen LogP contribution is 2.35. The minimum atomic E-state index is -0.295. The molecule has 0 fully saturated rings. The van der Waals surface area contributed by atoms with E-state index in [1.54, 1.807) is 57.4 Å². The number of carbonyl (C=O) groups is 2. The van der Waals surface area contributed by atoms with E-state index in [9.17, 15) is 9.59 Å². The molecule has 0 radical (unpaired) electrons. The maximum absolute atomic E-state index is 12.8. The van der Waals surface area contributed by atoms with Crippen molar-refractivity contribution >= 4 is 90.4 Å². The summed E-state index contributed by atoms with van der Waals surface area (Å²) in [6, 6.07) is 45.3. The number of nitrogen functional groups attached to an aromatic ring is 2. The molecule has 2 amide bonds. The Kier molecular flexibility index (Phi) is 12.8. The second kappa shape index (κ2) is 20.3. The molecular weight excluding hydrogens is 981 g/mol. The van der Waals surface area contributed by atoms with E-state index in [0.717, 1.165) is 83.3 Å². The molecule has 0 bridgehead atoms. The van der Waals surface area contributed by atoms with Gasteiger partial charge in [0.2, 0.25) is 0 Å². The smallest absolute Gasteiger partial charge is 0.256 e. The lowest BCUT2D eigenvalue weighted by Crippen LogP contribution is -2.13. The number of rotatable bonds is 12. The molecule has 0 aliphatic carbocycles. The van der Waals surface area contributed by atoms with E-state index in [1.807, 2.05) is 157 Å². The highest BCUT2D eigenvalue weighted by atomic mass is 32.1. The van der Waals surface area contributed by atoms with Gasteiger partial charge in [0.1, 0.15) is 22.7 Å². The van der Waals surface area contributed by atoms with Gasteiger partial charge in [0.25, 0.3) is 11.8 Å². The predicted molar refractivity (Wildman–Crippen MR) is 298 cm³/mol. The molecule has 8 aromatic heterocycles. The first kappa shape index (κ1) is 47.4. The van der Waals surface area contributed by atoms with Crippen LogP contribution in [0, 0.1) is 20.8 Å². The van der Waals surface area contributed by atoms with E-state index in [1.165, 1.54) is 11.3 Å². The van der Waals surface area contributed by atoms with Crippen molar-refractivity contribution in [2.24, 2.45) is 0 Å². The topological polar surface area (TPSA) is 230 Å². The number of fused-ring (bicyclic) bond motifs is 2. The van der Waals surface area contributed by atoms with Crippen LogP contribution in [-0.2, 0) is 0 Å². The number of aromatic nitrogens is 10. The molecule has 0 unspecified atom stereocenters. The lowest BCUT2D eigenvalue weighted by atomic mass is 10.2. The minimum absolute atomic E-state index is 0.294. The molecule has 20 heteroatoms. The summed E-state index contributed by atoms with van der Waals surface area (Å²) in [5, 5.41) is 24.6. The fraction of sp³-hybridized carbons (Fsp3) is 0.0545. The minimum Gasteiger partial charge on any atom is -0.394 e. The number of amides is 2. The van der Waals surface area contributed by atoms with Gasteiger partial charge in [-0.1, -0.05) is 48.5 Å². The molecule has 0 saturated carbocycles. The number of thiazole rings is 2. The molecule has 0 spiro atoms. The molecule has 8 N–H and O–H groups in total. The molecular formula is C55H46N16O2S2. The third kappa shape index (κ3) is 10.0. The maximum atomic E-state index is 12.8. The first-order valence-corrected chi connectivity index (χ1v) is 25.2. The van der Waals surface area contributed by atoms with Gasteiger partial charge in [0, 0.05) is 45.2 Å². The number of benzene rings is 4. The van der Waals surface area contributed by atoms with Crippen molar-refractivity contribution in [3.8, 4) is 34.2 Å². The van der Waals surface area contributed by atoms with Crippen LogP contribution in [0.3, 0.4) is 0 Å². The first-order valence-electron chi connectivity index (χ1n) is 23.5. The zero-order valence-electron chi connectivity index (χ0n) is 40.5. The Bertz CT molecular complexity index is 4000. The molecule has 75 heavy (non-hydrogen) atoms. The number of para-hydroxylation sites is 2. The maximum Gasteiger partial charge on any atom is 0.256 e. The number of nitrogens with zero attached hydrogens (tertiary/aromatic N) is 10. The van der Waals surface area contributed by atoms with Crippen LogP contribution < -0.4 is 32.7 Å².